The molecule has 0 spiro atoms. The number of carboxylic acid groups (broad SMARTS) is 1. The number of aromatic nitrogens is 2. The molecule has 0 saturated carbocycles. The van der Waals surface area contributed by atoms with Crippen molar-refractivity contribution >= 4 is 5.97 Å². The molecule has 104 valence electrons. The van der Waals surface area contributed by atoms with E-state index in [1.54, 1.807) is 12.1 Å². The number of hydrogen-bond donors (Lipinski definition) is 2. The molecule has 0 saturated heterocycles. The molecule has 0 aliphatic carbocycles. The Morgan fingerprint density at radius 1 is 1.25 bits per heavy atom. The van der Waals surface area contributed by atoms with Gasteiger partial charge in [0.25, 0.3) is 5.56 Å². The first-order valence-electron chi connectivity index (χ1n) is 6.00. The van der Waals surface area contributed by atoms with Gasteiger partial charge in [-0.3, -0.25) is 9.59 Å². The number of nitrogens with zero attached hydrogens (tertiary/aromatic N) is 2. The molecule has 6 heteroatoms. The van der Waals surface area contributed by atoms with Crippen LogP contribution in [-0.4, -0.2) is 26.0 Å². The van der Waals surface area contributed by atoms with Crippen LogP contribution in [0.5, 0.6) is 5.75 Å². The number of hydrogen-bond acceptors (Lipinski definition) is 4. The van der Waals surface area contributed by atoms with Crippen LogP contribution in [0.4, 0.5) is 0 Å². The van der Waals surface area contributed by atoms with Crippen LogP contribution < -0.4 is 5.56 Å². The van der Waals surface area contributed by atoms with E-state index in [-0.39, 0.29) is 5.69 Å². The molecule has 0 aliphatic heterocycles. The van der Waals surface area contributed by atoms with Gasteiger partial charge in [0.15, 0.2) is 0 Å². The summed E-state index contributed by atoms with van der Waals surface area (Å²) in [7, 11) is 0. The Morgan fingerprint density at radius 2 is 1.95 bits per heavy atom. The van der Waals surface area contributed by atoms with E-state index in [0.29, 0.717) is 5.69 Å². The molecular formula is C14H14N2O4. The lowest BCUT2D eigenvalue weighted by Gasteiger charge is -2.09. The molecule has 0 atom stereocenters. The lowest BCUT2D eigenvalue weighted by molar-refractivity contribution is -0.136. The summed E-state index contributed by atoms with van der Waals surface area (Å²) in [5, 5.41) is 22.3. The van der Waals surface area contributed by atoms with Gasteiger partial charge in [-0.05, 0) is 37.1 Å². The van der Waals surface area contributed by atoms with Gasteiger partial charge in [0.2, 0.25) is 0 Å². The zero-order chi connectivity index (χ0) is 14.9. The molecule has 20 heavy (non-hydrogen) atoms. The SMILES string of the molecule is Cc1ccc(-n2nc(CC(=O)O)c(O)cc2=O)cc1C. The second-order valence-corrected chi connectivity index (χ2v) is 4.57. The quantitative estimate of drug-likeness (QED) is 0.876. The summed E-state index contributed by atoms with van der Waals surface area (Å²) in [5.41, 5.74) is 2.04. The molecule has 1 aromatic heterocycles. The minimum Gasteiger partial charge on any atom is -0.506 e. The molecule has 1 heterocycles. The Kier molecular flexibility index (Phi) is 3.56. The van der Waals surface area contributed by atoms with Gasteiger partial charge in [-0.25, -0.2) is 0 Å². The van der Waals surface area contributed by atoms with E-state index >= 15 is 0 Å². The fourth-order valence-corrected chi connectivity index (χ4v) is 1.79. The highest BCUT2D eigenvalue weighted by atomic mass is 16.4. The van der Waals surface area contributed by atoms with Crippen LogP contribution in [0.1, 0.15) is 16.8 Å². The Bertz CT molecular complexity index is 734. The summed E-state index contributed by atoms with van der Waals surface area (Å²) in [6.45, 7) is 3.85. The standard InChI is InChI=1S/C14H14N2O4/c1-8-3-4-10(5-9(8)2)16-13(18)7-12(17)11(15-16)6-14(19)20/h3-5,7,17H,6H2,1-2H3,(H,19,20). The summed E-state index contributed by atoms with van der Waals surface area (Å²) in [5.74, 6) is -1.53. The zero-order valence-corrected chi connectivity index (χ0v) is 11.1. The Hall–Kier alpha value is -2.63. The average Bonchev–Trinajstić information content (AvgIpc) is 2.36. The second kappa shape index (κ2) is 5.16. The largest absolute Gasteiger partial charge is 0.506 e. The van der Waals surface area contributed by atoms with Crippen LogP contribution >= 0.6 is 0 Å². The monoisotopic (exact) mass is 274 g/mol. The molecule has 2 rings (SSSR count). The molecular weight excluding hydrogens is 260 g/mol. The Morgan fingerprint density at radius 3 is 2.55 bits per heavy atom. The summed E-state index contributed by atoms with van der Waals surface area (Å²) < 4.78 is 1.09. The van der Waals surface area contributed by atoms with Crippen molar-refractivity contribution in [3.05, 3.63) is 51.4 Å². The van der Waals surface area contributed by atoms with Crippen LogP contribution in [0.2, 0.25) is 0 Å². The van der Waals surface area contributed by atoms with E-state index in [9.17, 15) is 14.7 Å². The van der Waals surface area contributed by atoms with Crippen LogP contribution in [0.25, 0.3) is 5.69 Å². The number of carbonyl (C=O) groups is 1. The number of rotatable bonds is 3. The molecule has 0 radical (unpaired) electrons. The van der Waals surface area contributed by atoms with Gasteiger partial charge in [0.1, 0.15) is 11.4 Å². The van der Waals surface area contributed by atoms with Crippen LogP contribution in [0.15, 0.2) is 29.1 Å². The number of aliphatic carboxylic acids is 1. The summed E-state index contributed by atoms with van der Waals surface area (Å²) >= 11 is 0. The molecule has 0 unspecified atom stereocenters. The smallest absolute Gasteiger partial charge is 0.309 e. The van der Waals surface area contributed by atoms with Gasteiger partial charge in [0.05, 0.1) is 12.1 Å². The van der Waals surface area contributed by atoms with Crippen molar-refractivity contribution in [1.29, 1.82) is 0 Å². The summed E-state index contributed by atoms with van der Waals surface area (Å²) in [6.07, 6.45) is -0.447. The zero-order valence-electron chi connectivity index (χ0n) is 11.1. The van der Waals surface area contributed by atoms with Crippen molar-refractivity contribution in [3.8, 4) is 11.4 Å². The maximum atomic E-state index is 11.9. The van der Waals surface area contributed by atoms with E-state index in [1.165, 1.54) is 0 Å². The van der Waals surface area contributed by atoms with Crippen molar-refractivity contribution in [2.45, 2.75) is 20.3 Å². The average molecular weight is 274 g/mol. The molecule has 2 aromatic rings. The Balaban J connectivity index is 2.58. The molecule has 0 fully saturated rings. The molecule has 1 aromatic carbocycles. The van der Waals surface area contributed by atoms with E-state index < -0.39 is 23.7 Å². The van der Waals surface area contributed by atoms with E-state index in [2.05, 4.69) is 5.10 Å². The van der Waals surface area contributed by atoms with Crippen LogP contribution in [0.3, 0.4) is 0 Å². The van der Waals surface area contributed by atoms with Crippen LogP contribution in [-0.2, 0) is 11.2 Å². The van der Waals surface area contributed by atoms with E-state index in [0.717, 1.165) is 21.9 Å². The topological polar surface area (TPSA) is 92.4 Å². The summed E-state index contributed by atoms with van der Waals surface area (Å²) in [4.78, 5) is 22.6. The molecule has 6 nitrogen and oxygen atoms in total. The van der Waals surface area contributed by atoms with Crippen molar-refractivity contribution in [2.24, 2.45) is 0 Å². The van der Waals surface area contributed by atoms with Crippen molar-refractivity contribution in [3.63, 3.8) is 0 Å². The van der Waals surface area contributed by atoms with Crippen molar-refractivity contribution < 1.29 is 15.0 Å². The highest BCUT2D eigenvalue weighted by Crippen LogP contribution is 2.15. The van der Waals surface area contributed by atoms with Gasteiger partial charge in [-0.2, -0.15) is 9.78 Å². The van der Waals surface area contributed by atoms with Crippen molar-refractivity contribution in [2.75, 3.05) is 0 Å². The summed E-state index contributed by atoms with van der Waals surface area (Å²) in [6, 6.07) is 6.33. The number of benzene rings is 1. The normalized spacial score (nSPS) is 10.5. The Labute approximate surface area is 114 Å². The number of aromatic hydroxyl groups is 1. The first kappa shape index (κ1) is 13.8. The third-order valence-electron chi connectivity index (χ3n) is 3.04. The van der Waals surface area contributed by atoms with Crippen molar-refractivity contribution in [1.82, 2.24) is 9.78 Å². The minimum atomic E-state index is -1.13. The highest BCUT2D eigenvalue weighted by molar-refractivity contribution is 5.70. The molecule has 0 aliphatic rings. The molecule has 0 amide bonds. The number of carboxylic acids is 1. The van der Waals surface area contributed by atoms with Gasteiger partial charge in [0, 0.05) is 6.07 Å². The fourth-order valence-electron chi connectivity index (χ4n) is 1.79. The first-order chi connectivity index (χ1) is 9.38. The lowest BCUT2D eigenvalue weighted by atomic mass is 10.1. The second-order valence-electron chi connectivity index (χ2n) is 4.57. The molecule has 0 bridgehead atoms. The minimum absolute atomic E-state index is 0.0460. The third-order valence-corrected chi connectivity index (χ3v) is 3.04. The van der Waals surface area contributed by atoms with Gasteiger partial charge >= 0.3 is 5.97 Å². The van der Waals surface area contributed by atoms with Gasteiger partial charge in [-0.1, -0.05) is 6.07 Å². The van der Waals surface area contributed by atoms with E-state index in [1.807, 2.05) is 19.9 Å². The maximum absolute atomic E-state index is 11.9. The first-order valence-corrected chi connectivity index (χ1v) is 6.00. The fraction of sp³-hybridized carbons (Fsp3) is 0.214. The predicted octanol–water partition coefficient (Wildman–Crippen LogP) is 1.18. The van der Waals surface area contributed by atoms with Gasteiger partial charge in [-0.15, -0.1) is 0 Å². The number of aryl methyl sites for hydroxylation is 2. The van der Waals surface area contributed by atoms with Crippen LogP contribution in [0, 0.1) is 13.8 Å². The predicted molar refractivity (Wildman–Crippen MR) is 72.3 cm³/mol. The van der Waals surface area contributed by atoms with E-state index in [4.69, 9.17) is 5.11 Å². The lowest BCUT2D eigenvalue weighted by Crippen LogP contribution is -2.22. The maximum Gasteiger partial charge on any atom is 0.309 e. The highest BCUT2D eigenvalue weighted by Gasteiger charge is 2.12. The molecule has 2 N–H and O–H groups in total. The van der Waals surface area contributed by atoms with Gasteiger partial charge < -0.3 is 10.2 Å². The third kappa shape index (κ3) is 2.69.